The Morgan fingerprint density at radius 2 is 1.94 bits per heavy atom. The number of benzene rings is 1. The second-order valence-corrected chi connectivity index (χ2v) is 8.04. The van der Waals surface area contributed by atoms with Crippen molar-refractivity contribution >= 4 is 22.3 Å². The molecule has 0 amide bonds. The fraction of sp³-hybridized carbons (Fsp3) is 0.304. The van der Waals surface area contributed by atoms with Gasteiger partial charge in [-0.05, 0) is 35.2 Å². The zero-order chi connectivity index (χ0) is 21.5. The van der Waals surface area contributed by atoms with Gasteiger partial charge in [-0.15, -0.1) is 11.3 Å². The van der Waals surface area contributed by atoms with Gasteiger partial charge in [0.2, 0.25) is 5.88 Å². The largest absolute Gasteiger partial charge is 0.497 e. The molecule has 0 aliphatic carbocycles. The van der Waals surface area contributed by atoms with Gasteiger partial charge in [-0.1, -0.05) is 12.1 Å². The Morgan fingerprint density at radius 3 is 2.61 bits per heavy atom. The molecule has 1 saturated heterocycles. The van der Waals surface area contributed by atoms with E-state index in [0.717, 1.165) is 43.5 Å². The summed E-state index contributed by atoms with van der Waals surface area (Å²) in [6.45, 7) is 4.55. The maximum Gasteiger partial charge on any atom is 0.219 e. The summed E-state index contributed by atoms with van der Waals surface area (Å²) >= 11 is 1.79. The van der Waals surface area contributed by atoms with E-state index < -0.39 is 0 Å². The summed E-state index contributed by atoms with van der Waals surface area (Å²) in [7, 11) is 3.47. The van der Waals surface area contributed by atoms with Crippen LogP contribution in [0.5, 0.6) is 17.4 Å². The molecule has 7 nitrogen and oxygen atoms in total. The summed E-state index contributed by atoms with van der Waals surface area (Å²) in [4.78, 5) is 13.6. The highest BCUT2D eigenvalue weighted by Crippen LogP contribution is 2.24. The predicted molar refractivity (Wildman–Crippen MR) is 126 cm³/mol. The molecule has 0 spiro atoms. The van der Waals surface area contributed by atoms with Gasteiger partial charge in [0.15, 0.2) is 5.96 Å². The minimum Gasteiger partial charge on any atom is -0.497 e. The number of nitrogens with one attached hydrogen (secondary N) is 1. The number of methoxy groups -OCH3 is 1. The van der Waals surface area contributed by atoms with E-state index >= 15 is 0 Å². The maximum atomic E-state index is 5.81. The number of guanidine groups is 1. The topological polar surface area (TPSA) is 62.2 Å². The molecular formula is C23H27N5O2S. The van der Waals surface area contributed by atoms with Crippen LogP contribution in [0.2, 0.25) is 0 Å². The molecule has 0 bridgehead atoms. The SMILES string of the molecule is CN=C(NCc1ccc(Oc2cccc(OC)c2)nc1)N1CCN(c2cccs2)CC1. The maximum absolute atomic E-state index is 5.81. The molecule has 2 aromatic heterocycles. The average molecular weight is 438 g/mol. The first-order valence-electron chi connectivity index (χ1n) is 10.3. The van der Waals surface area contributed by atoms with Gasteiger partial charge >= 0.3 is 0 Å². The highest BCUT2D eigenvalue weighted by atomic mass is 32.1. The molecule has 0 atom stereocenters. The highest BCUT2D eigenvalue weighted by molar-refractivity contribution is 7.14. The molecule has 1 aliphatic rings. The molecule has 0 radical (unpaired) electrons. The van der Waals surface area contributed by atoms with Crippen LogP contribution in [-0.4, -0.2) is 56.2 Å². The van der Waals surface area contributed by atoms with Crippen molar-refractivity contribution in [3.05, 3.63) is 65.7 Å². The monoisotopic (exact) mass is 437 g/mol. The van der Waals surface area contributed by atoms with Gasteiger partial charge in [0.1, 0.15) is 11.5 Å². The number of anilines is 1. The van der Waals surface area contributed by atoms with E-state index in [1.807, 2.05) is 49.6 Å². The fourth-order valence-electron chi connectivity index (χ4n) is 3.46. The Balaban J connectivity index is 1.28. The zero-order valence-corrected chi connectivity index (χ0v) is 18.6. The van der Waals surface area contributed by atoms with Crippen LogP contribution in [0.25, 0.3) is 0 Å². The van der Waals surface area contributed by atoms with Gasteiger partial charge in [-0.3, -0.25) is 4.99 Å². The molecule has 31 heavy (non-hydrogen) atoms. The predicted octanol–water partition coefficient (Wildman–Crippen LogP) is 3.84. The molecule has 1 fully saturated rings. The van der Waals surface area contributed by atoms with Gasteiger partial charge < -0.3 is 24.6 Å². The van der Waals surface area contributed by atoms with Crippen molar-refractivity contribution in [1.29, 1.82) is 0 Å². The first-order valence-corrected chi connectivity index (χ1v) is 11.1. The molecule has 4 rings (SSSR count). The summed E-state index contributed by atoms with van der Waals surface area (Å²) in [6.07, 6.45) is 1.82. The van der Waals surface area contributed by atoms with Crippen LogP contribution in [-0.2, 0) is 6.54 Å². The minimum atomic E-state index is 0.547. The van der Waals surface area contributed by atoms with Gasteiger partial charge in [-0.2, -0.15) is 0 Å². The van der Waals surface area contributed by atoms with E-state index in [9.17, 15) is 0 Å². The molecule has 1 aromatic carbocycles. The number of ether oxygens (including phenoxy) is 2. The quantitative estimate of drug-likeness (QED) is 0.467. The lowest BCUT2D eigenvalue weighted by Crippen LogP contribution is -2.52. The second kappa shape index (κ2) is 10.2. The number of aliphatic imine (C=N–C) groups is 1. The van der Waals surface area contributed by atoms with E-state index in [2.05, 4.69) is 42.6 Å². The molecular weight excluding hydrogens is 410 g/mol. The van der Waals surface area contributed by atoms with Crippen molar-refractivity contribution in [1.82, 2.24) is 15.2 Å². The second-order valence-electron chi connectivity index (χ2n) is 7.11. The molecule has 162 valence electrons. The van der Waals surface area contributed by atoms with Crippen molar-refractivity contribution < 1.29 is 9.47 Å². The molecule has 0 unspecified atom stereocenters. The van der Waals surface area contributed by atoms with Crippen LogP contribution in [0.1, 0.15) is 5.56 Å². The summed E-state index contributed by atoms with van der Waals surface area (Å²) in [5.74, 6) is 2.91. The summed E-state index contributed by atoms with van der Waals surface area (Å²) in [5.41, 5.74) is 1.07. The van der Waals surface area contributed by atoms with Gasteiger partial charge in [0.05, 0.1) is 12.1 Å². The average Bonchev–Trinajstić information content (AvgIpc) is 3.36. The van der Waals surface area contributed by atoms with E-state index in [1.165, 1.54) is 5.00 Å². The lowest BCUT2D eigenvalue weighted by molar-refractivity contribution is 0.373. The third kappa shape index (κ3) is 5.46. The lowest BCUT2D eigenvalue weighted by Gasteiger charge is -2.37. The van der Waals surface area contributed by atoms with Crippen molar-refractivity contribution in [2.75, 3.05) is 45.2 Å². The number of hydrogen-bond donors (Lipinski definition) is 1. The number of piperazine rings is 1. The van der Waals surface area contributed by atoms with Crippen LogP contribution in [0.3, 0.4) is 0 Å². The van der Waals surface area contributed by atoms with E-state index in [0.29, 0.717) is 18.2 Å². The van der Waals surface area contributed by atoms with Crippen LogP contribution >= 0.6 is 11.3 Å². The lowest BCUT2D eigenvalue weighted by atomic mass is 10.3. The number of nitrogens with zero attached hydrogens (tertiary/aromatic N) is 4. The van der Waals surface area contributed by atoms with E-state index in [4.69, 9.17) is 9.47 Å². The van der Waals surface area contributed by atoms with Crippen molar-refractivity contribution in [2.45, 2.75) is 6.54 Å². The molecule has 1 aliphatic heterocycles. The zero-order valence-electron chi connectivity index (χ0n) is 17.8. The smallest absolute Gasteiger partial charge is 0.219 e. The number of rotatable bonds is 6. The van der Waals surface area contributed by atoms with Gasteiger partial charge in [-0.25, -0.2) is 4.98 Å². The number of pyridine rings is 1. The Kier molecular flexibility index (Phi) is 6.89. The number of hydrogen-bond acceptors (Lipinski definition) is 6. The van der Waals surface area contributed by atoms with Crippen molar-refractivity contribution in [2.24, 2.45) is 4.99 Å². The number of aromatic nitrogens is 1. The van der Waals surface area contributed by atoms with Gasteiger partial charge in [0, 0.05) is 58.1 Å². The first-order chi connectivity index (χ1) is 15.2. The summed E-state index contributed by atoms with van der Waals surface area (Å²) in [6, 6.07) is 15.6. The highest BCUT2D eigenvalue weighted by Gasteiger charge is 2.20. The standard InChI is InChI=1S/C23H27N5O2S/c1-24-23(28-12-10-27(11-13-28)22-7-4-14-31-22)26-17-18-8-9-21(25-16-18)30-20-6-3-5-19(15-20)29-2/h3-9,14-16H,10-13,17H2,1-2H3,(H,24,26). The first kappa shape index (κ1) is 21.0. The van der Waals surface area contributed by atoms with Crippen LogP contribution < -0.4 is 19.7 Å². The van der Waals surface area contributed by atoms with Crippen molar-refractivity contribution in [3.8, 4) is 17.4 Å². The Labute approximate surface area is 187 Å². The molecule has 0 saturated carbocycles. The van der Waals surface area contributed by atoms with Gasteiger partial charge in [0.25, 0.3) is 0 Å². The fourth-order valence-corrected chi connectivity index (χ4v) is 4.25. The Bertz CT molecular complexity index is 983. The Morgan fingerprint density at radius 1 is 1.10 bits per heavy atom. The normalized spacial score (nSPS) is 14.5. The molecule has 1 N–H and O–H groups in total. The van der Waals surface area contributed by atoms with E-state index in [-0.39, 0.29) is 0 Å². The Hall–Kier alpha value is -3.26. The third-order valence-corrected chi connectivity index (χ3v) is 6.05. The molecule has 3 heterocycles. The summed E-state index contributed by atoms with van der Waals surface area (Å²) < 4.78 is 11.0. The number of thiophene rings is 1. The van der Waals surface area contributed by atoms with Crippen LogP contribution in [0, 0.1) is 0 Å². The van der Waals surface area contributed by atoms with Crippen LogP contribution in [0.15, 0.2) is 65.1 Å². The van der Waals surface area contributed by atoms with E-state index in [1.54, 1.807) is 18.4 Å². The third-order valence-electron chi connectivity index (χ3n) is 5.12. The molecule has 8 heteroatoms. The van der Waals surface area contributed by atoms with Crippen LogP contribution in [0.4, 0.5) is 5.00 Å². The minimum absolute atomic E-state index is 0.547. The molecule has 3 aromatic rings. The summed E-state index contributed by atoms with van der Waals surface area (Å²) in [5, 5.41) is 6.92. The van der Waals surface area contributed by atoms with Crippen molar-refractivity contribution in [3.63, 3.8) is 0 Å².